The number of benzene rings is 3. The quantitative estimate of drug-likeness (QED) is 0.0522. The molecule has 0 spiro atoms. The summed E-state index contributed by atoms with van der Waals surface area (Å²) in [6.07, 6.45) is 4.48. The topological polar surface area (TPSA) is 252 Å². The number of anilines is 6. The van der Waals surface area contributed by atoms with E-state index in [1.807, 2.05) is 60.7 Å². The van der Waals surface area contributed by atoms with Crippen LogP contribution in [-0.2, 0) is 0 Å². The van der Waals surface area contributed by atoms with Gasteiger partial charge in [0.15, 0.2) is 0 Å². The van der Waals surface area contributed by atoms with Gasteiger partial charge in [0.2, 0.25) is 17.3 Å². The van der Waals surface area contributed by atoms with Crippen molar-refractivity contribution in [3.05, 3.63) is 268 Å². The number of nitrogens with two attached hydrogens (primary N) is 3. The minimum atomic E-state index is -0.734. The molecule has 0 amide bonds. The Balaban J connectivity index is 0.000000718. The van der Waals surface area contributed by atoms with E-state index in [9.17, 15) is 27.6 Å². The third-order valence-electron chi connectivity index (χ3n) is 15.6. The number of nitrogens with zero attached hydrogens (tertiary/aromatic N) is 9. The molecule has 3 aliphatic heterocycles. The first-order chi connectivity index (χ1) is 44.0. The van der Waals surface area contributed by atoms with Crippen LogP contribution in [0.15, 0.2) is 196 Å². The smallest absolute Gasteiger partial charge is 0.215 e. The largest absolute Gasteiger partial charge is 0.383 e. The van der Waals surface area contributed by atoms with E-state index in [0.717, 1.165) is 38.3 Å². The van der Waals surface area contributed by atoms with Gasteiger partial charge in [-0.2, -0.15) is 0 Å². The molecule has 0 radical (unpaired) electrons. The van der Waals surface area contributed by atoms with Crippen LogP contribution in [0.1, 0.15) is 113 Å². The van der Waals surface area contributed by atoms with Crippen molar-refractivity contribution in [1.82, 2.24) is 45.9 Å². The minimum Gasteiger partial charge on any atom is -0.383 e. The molecule has 0 saturated carbocycles. The van der Waals surface area contributed by atoms with E-state index in [1.54, 1.807) is 66.7 Å². The van der Waals surface area contributed by atoms with Gasteiger partial charge < -0.3 is 47.9 Å². The zero-order valence-corrected chi connectivity index (χ0v) is 50.2. The zero-order chi connectivity index (χ0) is 64.1. The molecule has 3 aromatic carbocycles. The highest BCUT2D eigenvalue weighted by molar-refractivity contribution is 6.30. The summed E-state index contributed by atoms with van der Waals surface area (Å²) in [4.78, 5) is 70.9. The van der Waals surface area contributed by atoms with Crippen LogP contribution < -0.4 is 47.9 Å². The summed E-state index contributed by atoms with van der Waals surface area (Å²) in [5, 5.41) is 11.1. The first-order valence-electron chi connectivity index (χ1n) is 29.2. The highest BCUT2D eigenvalue weighted by atomic mass is 35.5. The summed E-state index contributed by atoms with van der Waals surface area (Å²) < 4.78 is 42.2. The number of nitrogen functional groups attached to an aromatic ring is 3. The van der Waals surface area contributed by atoms with E-state index in [0.29, 0.717) is 48.7 Å². The van der Waals surface area contributed by atoms with Gasteiger partial charge in [-0.25, -0.2) is 43.1 Å². The predicted molar refractivity (Wildman–Crippen MR) is 372 cm³/mol. The number of piperazine rings is 3. The average Bonchev–Trinajstić information content (AvgIpc) is 0.805. The molecule has 3 saturated heterocycles. The van der Waals surface area contributed by atoms with Gasteiger partial charge in [0.05, 0.1) is 16.7 Å². The minimum absolute atomic E-state index is 0. The van der Waals surface area contributed by atoms with Crippen LogP contribution in [0.2, 0.25) is 5.02 Å². The van der Waals surface area contributed by atoms with Crippen molar-refractivity contribution in [2.45, 2.75) is 18.1 Å². The number of halogens is 4. The molecule has 0 bridgehead atoms. The van der Waals surface area contributed by atoms with Crippen LogP contribution in [0.5, 0.6) is 0 Å². The Morgan fingerprint density at radius 1 is 0.429 bits per heavy atom. The molecular formula is C69H83ClF3N15O3. The summed E-state index contributed by atoms with van der Waals surface area (Å²) in [5.41, 5.74) is 21.6. The van der Waals surface area contributed by atoms with Crippen LogP contribution in [-0.4, -0.2) is 106 Å². The van der Waals surface area contributed by atoms with Crippen LogP contribution in [0, 0.1) is 0 Å². The van der Waals surface area contributed by atoms with Gasteiger partial charge in [0, 0.05) is 130 Å². The van der Waals surface area contributed by atoms with E-state index in [2.05, 4.69) is 105 Å². The van der Waals surface area contributed by atoms with Crippen molar-refractivity contribution in [3.63, 3.8) is 0 Å². The number of rotatable bonds is 15. The molecule has 3 fully saturated rings. The summed E-state index contributed by atoms with van der Waals surface area (Å²) in [5.74, 6) is -1.62. The van der Waals surface area contributed by atoms with Gasteiger partial charge in [-0.1, -0.05) is 104 Å². The molecular weight excluding hydrogens is 1180 g/mol. The number of nitrogens with one attached hydrogen (secondary N) is 3. The molecule has 6 aromatic heterocycles. The van der Waals surface area contributed by atoms with E-state index in [1.165, 1.54) is 35.8 Å². The van der Waals surface area contributed by atoms with E-state index in [-0.39, 0.29) is 98.9 Å². The van der Waals surface area contributed by atoms with Gasteiger partial charge in [0.1, 0.15) is 69.5 Å². The zero-order valence-electron chi connectivity index (χ0n) is 49.5. The number of hydrogen-bond donors (Lipinski definition) is 6. The molecule has 3 aliphatic rings. The van der Waals surface area contributed by atoms with Crippen LogP contribution in [0.4, 0.5) is 48.1 Å². The number of carbonyl (C=O) groups is 3. The SMILES string of the molecule is C=C(F)c1ccc(N2CCNC(c3cccc(Cl)c3)C2)nc1C(=O)c1cccnc1N.C=C(F)c1ccc(N2CCN[C@@H](c3ccccc3)C2)nc1C(=O)c1cccnc1N.C=C(F)c1ccc(N2CCN[C@H](c3ccccc3)C2)nc1C(=O)c1cccnc1N.[HH].[HH].[HH].[HH].[HH].[HH].[HH].[HH].[HH]. The van der Waals surface area contributed by atoms with Gasteiger partial charge in [-0.05, 0) is 102 Å². The van der Waals surface area contributed by atoms with Crippen molar-refractivity contribution in [1.29, 1.82) is 0 Å². The number of aromatic nitrogens is 6. The number of carbonyl (C=O) groups excluding carboxylic acids is 3. The normalized spacial score (nSPS) is 16.3. The highest BCUT2D eigenvalue weighted by Gasteiger charge is 2.30. The number of ketones is 3. The van der Waals surface area contributed by atoms with Crippen molar-refractivity contribution in [2.24, 2.45) is 0 Å². The lowest BCUT2D eigenvalue weighted by Gasteiger charge is -2.35. The summed E-state index contributed by atoms with van der Waals surface area (Å²) in [6, 6.07) is 47.5. The second kappa shape index (κ2) is 29.2. The second-order valence-corrected chi connectivity index (χ2v) is 21.9. The standard InChI is InChI=1S/C23H21ClFN5O.2C23H22FN5O.9H2/c1-14(25)17-7-8-20(29-21(17)22(31)18-6-3-9-28-23(18)26)30-11-10-27-19(13-30)15-4-2-5-16(24)12-15;2*1-15(24)17-9-10-20(28-21(17)22(30)18-8-5-11-27-23(18)25)29-13-12-26-19(14-29)16-6-3-2-4-7-16;;;;;;;;;/h2-9,12,19,27H,1,10-11,13H2,(H2,26,28);2*2-11,19,26H,1,12-14H2,(H2,25,27);9*1H/t;2*19-;;;;;;;;;/m.10........./s1. The maximum absolute atomic E-state index is 14.1. The molecule has 12 rings (SSSR count). The van der Waals surface area contributed by atoms with Gasteiger partial charge >= 0.3 is 0 Å². The molecule has 9 N–H and O–H groups in total. The summed E-state index contributed by atoms with van der Waals surface area (Å²) in [7, 11) is 0. The Morgan fingerprint density at radius 2 is 0.747 bits per heavy atom. The highest BCUT2D eigenvalue weighted by Crippen LogP contribution is 2.32. The Kier molecular flexibility index (Phi) is 20.4. The van der Waals surface area contributed by atoms with Crippen molar-refractivity contribution in [3.8, 4) is 0 Å². The van der Waals surface area contributed by atoms with Gasteiger partial charge in [-0.15, -0.1) is 0 Å². The summed E-state index contributed by atoms with van der Waals surface area (Å²) in [6.45, 7) is 16.4. The monoisotopic (exact) mass is 1260 g/mol. The fourth-order valence-corrected chi connectivity index (χ4v) is 11.1. The van der Waals surface area contributed by atoms with Crippen molar-refractivity contribution >= 4 is 81.3 Å². The maximum Gasteiger partial charge on any atom is 0.215 e. The van der Waals surface area contributed by atoms with Crippen molar-refractivity contribution in [2.75, 3.05) is 90.8 Å². The van der Waals surface area contributed by atoms with Gasteiger partial charge in [0.25, 0.3) is 0 Å². The van der Waals surface area contributed by atoms with Crippen LogP contribution in [0.3, 0.4) is 0 Å². The molecule has 9 heterocycles. The fraction of sp³-hybridized carbons (Fsp3) is 0.174. The lowest BCUT2D eigenvalue weighted by atomic mass is 10.0. The van der Waals surface area contributed by atoms with Gasteiger partial charge in [-0.3, -0.25) is 14.4 Å². The lowest BCUT2D eigenvalue weighted by molar-refractivity contribution is 0.102. The first kappa shape index (κ1) is 63.6. The Labute approximate surface area is 542 Å². The van der Waals surface area contributed by atoms with Crippen LogP contribution in [0.25, 0.3) is 17.5 Å². The third-order valence-corrected chi connectivity index (χ3v) is 15.8. The van der Waals surface area contributed by atoms with E-state index < -0.39 is 34.8 Å². The molecule has 480 valence electrons. The molecule has 91 heavy (non-hydrogen) atoms. The van der Waals surface area contributed by atoms with Crippen LogP contribution >= 0.6 is 11.6 Å². The molecule has 22 heteroatoms. The van der Waals surface area contributed by atoms with Crippen molar-refractivity contribution < 1.29 is 40.4 Å². The molecule has 3 atom stereocenters. The number of hydrogen-bond acceptors (Lipinski definition) is 18. The maximum atomic E-state index is 14.1. The second-order valence-electron chi connectivity index (χ2n) is 21.4. The first-order valence-corrected chi connectivity index (χ1v) is 29.5. The average molecular weight is 1260 g/mol. The molecule has 0 aliphatic carbocycles. The predicted octanol–water partition coefficient (Wildman–Crippen LogP) is 13.0. The number of pyridine rings is 6. The molecule has 18 nitrogen and oxygen atoms in total. The van der Waals surface area contributed by atoms with E-state index >= 15 is 0 Å². The Hall–Kier alpha value is -10.5. The van der Waals surface area contributed by atoms with E-state index in [4.69, 9.17) is 28.8 Å². The molecule has 9 aromatic rings. The third kappa shape index (κ3) is 15.2. The Bertz CT molecular complexity index is 4030. The fourth-order valence-electron chi connectivity index (χ4n) is 10.9. The lowest BCUT2D eigenvalue weighted by Crippen LogP contribution is -2.46. The summed E-state index contributed by atoms with van der Waals surface area (Å²) >= 11 is 6.14. The molecule has 1 unspecified atom stereocenters. The Morgan fingerprint density at radius 3 is 1.05 bits per heavy atom.